The molecule has 1 aromatic rings. The number of rotatable bonds is 4. The van der Waals surface area contributed by atoms with Gasteiger partial charge in [0.05, 0.1) is 0 Å². The number of hydrogen-bond acceptors (Lipinski definition) is 2. The van der Waals surface area contributed by atoms with Crippen LogP contribution in [0.15, 0.2) is 24.3 Å². The highest BCUT2D eigenvalue weighted by molar-refractivity contribution is 5.94. The third-order valence-corrected chi connectivity index (χ3v) is 3.85. The van der Waals surface area contributed by atoms with E-state index in [-0.39, 0.29) is 23.1 Å². The molecule has 2 rings (SSSR count). The molecule has 1 amide bonds. The fourth-order valence-corrected chi connectivity index (χ4v) is 2.58. The summed E-state index contributed by atoms with van der Waals surface area (Å²) in [7, 11) is 0. The largest absolute Gasteiger partial charge is 0.478 e. The Kier molecular flexibility index (Phi) is 4.73. The van der Waals surface area contributed by atoms with Crippen LogP contribution in [0.3, 0.4) is 0 Å². The number of halogens is 1. The van der Waals surface area contributed by atoms with Crippen molar-refractivity contribution in [2.75, 3.05) is 0 Å². The van der Waals surface area contributed by atoms with E-state index in [1.807, 2.05) is 0 Å². The zero-order chi connectivity index (χ0) is 15.4. The first-order chi connectivity index (χ1) is 9.97. The first-order valence-corrected chi connectivity index (χ1v) is 6.99. The van der Waals surface area contributed by atoms with Crippen molar-refractivity contribution in [3.05, 3.63) is 41.2 Å². The number of aliphatic carboxylic acids is 1. The van der Waals surface area contributed by atoms with Gasteiger partial charge in [-0.25, -0.2) is 9.18 Å². The van der Waals surface area contributed by atoms with E-state index in [1.54, 1.807) is 0 Å². The molecule has 1 aliphatic rings. The minimum atomic E-state index is -1.15. The minimum Gasteiger partial charge on any atom is -0.478 e. The van der Waals surface area contributed by atoms with Crippen LogP contribution in [0.1, 0.15) is 42.1 Å². The van der Waals surface area contributed by atoms with Crippen molar-refractivity contribution in [1.82, 2.24) is 5.32 Å². The van der Waals surface area contributed by atoms with Gasteiger partial charge in [-0.3, -0.25) is 4.79 Å². The van der Waals surface area contributed by atoms with E-state index in [9.17, 15) is 14.0 Å². The molecule has 1 aromatic carbocycles. The lowest BCUT2D eigenvalue weighted by Gasteiger charge is -2.17. The Bertz CT molecular complexity index is 583. The predicted octanol–water partition coefficient (Wildman–Crippen LogP) is 2.84. The van der Waals surface area contributed by atoms with E-state index in [2.05, 4.69) is 12.2 Å². The number of amides is 1. The normalized spacial score (nSPS) is 21.6. The smallest absolute Gasteiger partial charge is 0.328 e. The molecule has 2 atom stereocenters. The number of benzene rings is 1. The zero-order valence-electron chi connectivity index (χ0n) is 11.8. The molecule has 2 unspecified atom stereocenters. The van der Waals surface area contributed by atoms with Crippen LogP contribution in [0, 0.1) is 11.7 Å². The van der Waals surface area contributed by atoms with E-state index < -0.39 is 11.8 Å². The summed E-state index contributed by atoms with van der Waals surface area (Å²) in [5, 5.41) is 11.4. The molecule has 0 aliphatic heterocycles. The summed E-state index contributed by atoms with van der Waals surface area (Å²) in [6, 6.07) is 4.18. The zero-order valence-corrected chi connectivity index (χ0v) is 11.8. The third-order valence-electron chi connectivity index (χ3n) is 3.85. The number of nitrogens with one attached hydrogen (secondary N) is 1. The van der Waals surface area contributed by atoms with Crippen molar-refractivity contribution in [2.45, 2.75) is 32.2 Å². The maximum Gasteiger partial charge on any atom is 0.328 e. The van der Waals surface area contributed by atoms with E-state index in [0.717, 1.165) is 31.4 Å². The topological polar surface area (TPSA) is 66.4 Å². The molecule has 2 N–H and O–H groups in total. The molecule has 0 aromatic heterocycles. The van der Waals surface area contributed by atoms with E-state index in [1.165, 1.54) is 18.2 Å². The highest BCUT2D eigenvalue weighted by Crippen LogP contribution is 2.25. The van der Waals surface area contributed by atoms with Gasteiger partial charge < -0.3 is 10.4 Å². The highest BCUT2D eigenvalue weighted by Gasteiger charge is 2.25. The Hall–Kier alpha value is -2.17. The summed E-state index contributed by atoms with van der Waals surface area (Å²) in [5.74, 6) is -1.61. The maximum atomic E-state index is 13.8. The van der Waals surface area contributed by atoms with Crippen LogP contribution in [0.5, 0.6) is 0 Å². The number of carbonyl (C=O) groups is 2. The molecule has 4 nitrogen and oxygen atoms in total. The molecule has 1 aliphatic carbocycles. The molecule has 0 heterocycles. The molecular formula is C16H18FNO3. The third kappa shape index (κ3) is 3.90. The van der Waals surface area contributed by atoms with Crippen molar-refractivity contribution in [2.24, 2.45) is 5.92 Å². The van der Waals surface area contributed by atoms with Crippen LogP contribution >= 0.6 is 0 Å². The number of hydrogen-bond donors (Lipinski definition) is 2. The van der Waals surface area contributed by atoms with E-state index in [0.29, 0.717) is 5.92 Å². The molecule has 112 valence electrons. The van der Waals surface area contributed by atoms with Gasteiger partial charge >= 0.3 is 5.97 Å². The van der Waals surface area contributed by atoms with Crippen LogP contribution in [-0.2, 0) is 4.79 Å². The fraction of sp³-hybridized carbons (Fsp3) is 0.375. The lowest BCUT2D eigenvalue weighted by molar-refractivity contribution is -0.131. The monoisotopic (exact) mass is 291 g/mol. The second-order valence-electron chi connectivity index (χ2n) is 5.40. The number of carboxylic acids is 1. The molecule has 5 heteroatoms. The van der Waals surface area contributed by atoms with Gasteiger partial charge in [0, 0.05) is 23.2 Å². The fourth-order valence-electron chi connectivity index (χ4n) is 2.58. The lowest BCUT2D eigenvalue weighted by atomic mass is 10.1. The van der Waals surface area contributed by atoms with Gasteiger partial charge in [0.25, 0.3) is 5.91 Å². The molecule has 0 spiro atoms. The Labute approximate surface area is 122 Å². The Morgan fingerprint density at radius 3 is 2.71 bits per heavy atom. The minimum absolute atomic E-state index is 0.142. The summed E-state index contributed by atoms with van der Waals surface area (Å²) in [4.78, 5) is 22.5. The van der Waals surface area contributed by atoms with Crippen LogP contribution in [-0.4, -0.2) is 23.0 Å². The predicted molar refractivity (Wildman–Crippen MR) is 77.3 cm³/mol. The Morgan fingerprint density at radius 2 is 2.14 bits per heavy atom. The van der Waals surface area contributed by atoms with Crippen LogP contribution < -0.4 is 5.32 Å². The van der Waals surface area contributed by atoms with Gasteiger partial charge in [0.2, 0.25) is 0 Å². The average Bonchev–Trinajstić information content (AvgIpc) is 2.82. The SMILES string of the molecule is CC1CCCC1NC(=O)c1ccc(C=CC(=O)O)c(F)c1. The Morgan fingerprint density at radius 1 is 1.38 bits per heavy atom. The molecule has 1 fully saturated rings. The van der Waals surface area contributed by atoms with Crippen molar-refractivity contribution < 1.29 is 19.1 Å². The summed E-state index contributed by atoms with van der Waals surface area (Å²) < 4.78 is 13.8. The number of carboxylic acid groups (broad SMARTS) is 1. The van der Waals surface area contributed by atoms with Gasteiger partial charge in [-0.15, -0.1) is 0 Å². The average molecular weight is 291 g/mol. The highest BCUT2D eigenvalue weighted by atomic mass is 19.1. The second kappa shape index (κ2) is 6.52. The van der Waals surface area contributed by atoms with Gasteiger partial charge in [-0.1, -0.05) is 19.4 Å². The first kappa shape index (κ1) is 15.2. The summed E-state index contributed by atoms with van der Waals surface area (Å²) in [6.45, 7) is 2.10. The summed E-state index contributed by atoms with van der Waals surface area (Å²) in [5.41, 5.74) is 0.391. The van der Waals surface area contributed by atoms with Crippen molar-refractivity contribution in [1.29, 1.82) is 0 Å². The van der Waals surface area contributed by atoms with Gasteiger partial charge in [-0.2, -0.15) is 0 Å². The van der Waals surface area contributed by atoms with Crippen LogP contribution in [0.2, 0.25) is 0 Å². The summed E-state index contributed by atoms with van der Waals surface area (Å²) in [6.07, 6.45) is 5.17. The molecular weight excluding hydrogens is 273 g/mol. The maximum absolute atomic E-state index is 13.8. The number of carbonyl (C=O) groups excluding carboxylic acids is 1. The van der Waals surface area contributed by atoms with Crippen molar-refractivity contribution in [3.8, 4) is 0 Å². The lowest BCUT2D eigenvalue weighted by Crippen LogP contribution is -2.36. The van der Waals surface area contributed by atoms with Gasteiger partial charge in [0.1, 0.15) is 5.82 Å². The summed E-state index contributed by atoms with van der Waals surface area (Å²) >= 11 is 0. The van der Waals surface area contributed by atoms with E-state index in [4.69, 9.17) is 5.11 Å². The quantitative estimate of drug-likeness (QED) is 0.838. The molecule has 0 bridgehead atoms. The standard InChI is InChI=1S/C16H18FNO3/c1-10-3-2-4-14(10)18-16(21)12-6-5-11(13(17)9-12)7-8-15(19)20/h5-10,14H,2-4H2,1H3,(H,18,21)(H,19,20). The van der Waals surface area contributed by atoms with E-state index >= 15 is 0 Å². The molecule has 0 radical (unpaired) electrons. The molecule has 0 saturated heterocycles. The second-order valence-corrected chi connectivity index (χ2v) is 5.40. The first-order valence-electron chi connectivity index (χ1n) is 6.99. The van der Waals surface area contributed by atoms with Gasteiger partial charge in [0.15, 0.2) is 0 Å². The molecule has 1 saturated carbocycles. The van der Waals surface area contributed by atoms with Crippen molar-refractivity contribution >= 4 is 18.0 Å². The molecule has 21 heavy (non-hydrogen) atoms. The van der Waals surface area contributed by atoms with Gasteiger partial charge in [-0.05, 0) is 37.0 Å². The van der Waals surface area contributed by atoms with Crippen LogP contribution in [0.25, 0.3) is 6.08 Å². The van der Waals surface area contributed by atoms with Crippen molar-refractivity contribution in [3.63, 3.8) is 0 Å². The van der Waals surface area contributed by atoms with Crippen LogP contribution in [0.4, 0.5) is 4.39 Å². The Balaban J connectivity index is 2.08.